The zero-order chi connectivity index (χ0) is 6.69. The summed E-state index contributed by atoms with van der Waals surface area (Å²) in [6, 6.07) is 0. The van der Waals surface area contributed by atoms with Gasteiger partial charge in [0.05, 0.1) is 23.2 Å². The van der Waals surface area contributed by atoms with Crippen molar-refractivity contribution in [2.24, 2.45) is 0 Å². The summed E-state index contributed by atoms with van der Waals surface area (Å²) >= 11 is 2.18. The number of hydrogen-bond acceptors (Lipinski definition) is 2. The fourth-order valence-electron chi connectivity index (χ4n) is 0.741. The van der Waals surface area contributed by atoms with Crippen LogP contribution in [0, 0.1) is 0 Å². The van der Waals surface area contributed by atoms with Crippen molar-refractivity contribution in [1.82, 2.24) is 0 Å². The number of ether oxygens (including phenoxy) is 1. The quantitative estimate of drug-likeness (QED) is 0.438. The summed E-state index contributed by atoms with van der Waals surface area (Å²) < 4.78 is 5.44. The number of halogens is 1. The normalized spacial score (nSPS) is 28.9. The maximum absolute atomic E-state index is 8.67. The van der Waals surface area contributed by atoms with Gasteiger partial charge in [-0.2, -0.15) is 0 Å². The molecule has 0 saturated heterocycles. The summed E-state index contributed by atoms with van der Waals surface area (Å²) in [6.07, 6.45) is 4.11. The highest BCUT2D eigenvalue weighted by atomic mass is 127. The van der Waals surface area contributed by atoms with Gasteiger partial charge in [0, 0.05) is 0 Å². The van der Waals surface area contributed by atoms with E-state index in [2.05, 4.69) is 22.6 Å². The molecule has 0 bridgehead atoms. The lowest BCUT2D eigenvalue weighted by molar-refractivity contribution is 0.112. The molecule has 0 fully saturated rings. The van der Waals surface area contributed by atoms with E-state index in [9.17, 15) is 0 Å². The Hall–Kier alpha value is 0.390. The van der Waals surface area contributed by atoms with Crippen LogP contribution in [0.25, 0.3) is 0 Å². The molecule has 1 aliphatic rings. The number of alkyl halides is 1. The topological polar surface area (TPSA) is 29.5 Å². The van der Waals surface area contributed by atoms with E-state index in [0.29, 0.717) is 6.61 Å². The molecule has 1 N–H and O–H groups in total. The van der Waals surface area contributed by atoms with Crippen LogP contribution in [0.1, 0.15) is 0 Å². The Morgan fingerprint density at radius 2 is 2.67 bits per heavy atom. The van der Waals surface area contributed by atoms with E-state index in [-0.39, 0.29) is 16.6 Å². The van der Waals surface area contributed by atoms with Crippen LogP contribution < -0.4 is 0 Å². The number of aliphatic hydroxyl groups is 1. The van der Waals surface area contributed by atoms with E-state index in [0.717, 1.165) is 0 Å². The Kier molecular flexibility index (Phi) is 2.94. The van der Waals surface area contributed by atoms with Crippen molar-refractivity contribution in [3.05, 3.63) is 12.2 Å². The Balaban J connectivity index is 2.33. The highest BCUT2D eigenvalue weighted by Crippen LogP contribution is 2.14. The van der Waals surface area contributed by atoms with Crippen molar-refractivity contribution in [3.63, 3.8) is 0 Å². The van der Waals surface area contributed by atoms with Crippen LogP contribution >= 0.6 is 22.6 Å². The van der Waals surface area contributed by atoms with E-state index >= 15 is 0 Å². The van der Waals surface area contributed by atoms with Gasteiger partial charge in [0.15, 0.2) is 0 Å². The van der Waals surface area contributed by atoms with Gasteiger partial charge >= 0.3 is 0 Å². The third-order valence-corrected chi connectivity index (χ3v) is 2.34. The van der Waals surface area contributed by atoms with Gasteiger partial charge in [0.2, 0.25) is 0 Å². The van der Waals surface area contributed by atoms with Crippen molar-refractivity contribution in [2.75, 3.05) is 13.2 Å². The molecule has 2 atom stereocenters. The minimum Gasteiger partial charge on any atom is -0.395 e. The van der Waals surface area contributed by atoms with Gasteiger partial charge in [0.1, 0.15) is 0 Å². The molecule has 0 saturated carbocycles. The fourth-order valence-corrected chi connectivity index (χ4v) is 1.19. The summed E-state index contributed by atoms with van der Waals surface area (Å²) in [6.45, 7) is 0.889. The lowest BCUT2D eigenvalue weighted by Crippen LogP contribution is -2.21. The second kappa shape index (κ2) is 3.53. The van der Waals surface area contributed by atoms with Gasteiger partial charge < -0.3 is 9.84 Å². The maximum Gasteiger partial charge on any atom is 0.0900 e. The third-order valence-electron chi connectivity index (χ3n) is 1.24. The zero-order valence-electron chi connectivity index (χ0n) is 4.96. The molecule has 0 unspecified atom stereocenters. The average Bonchev–Trinajstić information content (AvgIpc) is 2.37. The fraction of sp³-hybridized carbons (Fsp3) is 0.667. The molecular weight excluding hydrogens is 231 g/mol. The van der Waals surface area contributed by atoms with Crippen molar-refractivity contribution in [3.8, 4) is 0 Å². The average molecular weight is 240 g/mol. The van der Waals surface area contributed by atoms with Crippen LogP contribution in [-0.4, -0.2) is 28.3 Å². The lowest BCUT2D eigenvalue weighted by Gasteiger charge is -2.11. The van der Waals surface area contributed by atoms with Gasteiger partial charge in [-0.05, 0) is 0 Å². The molecule has 0 aromatic rings. The van der Waals surface area contributed by atoms with Crippen molar-refractivity contribution >= 4 is 22.6 Å². The molecule has 0 aromatic carbocycles. The first-order valence-corrected chi connectivity index (χ1v) is 4.12. The third kappa shape index (κ3) is 1.91. The van der Waals surface area contributed by atoms with Crippen LogP contribution in [-0.2, 0) is 4.74 Å². The first kappa shape index (κ1) is 7.50. The van der Waals surface area contributed by atoms with Gasteiger partial charge in [-0.1, -0.05) is 34.7 Å². The maximum atomic E-state index is 8.67. The molecule has 1 rings (SSSR count). The summed E-state index contributed by atoms with van der Waals surface area (Å²) in [5.41, 5.74) is 0. The largest absolute Gasteiger partial charge is 0.395 e. The zero-order valence-corrected chi connectivity index (χ0v) is 7.11. The first-order chi connectivity index (χ1) is 4.34. The molecular formula is C6H9IO2. The predicted molar refractivity (Wildman–Crippen MR) is 43.8 cm³/mol. The number of hydrogen-bond donors (Lipinski definition) is 1. The minimum atomic E-state index is 0.135. The van der Waals surface area contributed by atoms with E-state index < -0.39 is 0 Å². The molecule has 1 aliphatic heterocycles. The highest BCUT2D eigenvalue weighted by molar-refractivity contribution is 14.1. The molecule has 0 aromatic heterocycles. The Labute approximate surface area is 68.0 Å². The summed E-state index contributed by atoms with van der Waals surface area (Å²) in [5, 5.41) is 8.67. The minimum absolute atomic E-state index is 0.135. The van der Waals surface area contributed by atoms with E-state index in [4.69, 9.17) is 9.84 Å². The summed E-state index contributed by atoms with van der Waals surface area (Å²) in [7, 11) is 0. The number of aliphatic hydroxyl groups excluding tert-OH is 1. The highest BCUT2D eigenvalue weighted by Gasteiger charge is 2.17. The standard InChI is InChI=1S/C6H9IO2/c7-5(4-8)6-2-1-3-9-6/h1-2,5-6,8H,3-4H2/t5-,6+/m1/s1. The molecule has 0 amide bonds. The lowest BCUT2D eigenvalue weighted by atomic mass is 10.3. The molecule has 2 nitrogen and oxygen atoms in total. The Morgan fingerprint density at radius 1 is 1.89 bits per heavy atom. The molecule has 52 valence electrons. The Morgan fingerprint density at radius 3 is 3.11 bits per heavy atom. The van der Waals surface area contributed by atoms with E-state index in [1.165, 1.54) is 0 Å². The molecule has 9 heavy (non-hydrogen) atoms. The molecule has 0 aliphatic carbocycles. The smallest absolute Gasteiger partial charge is 0.0900 e. The van der Waals surface area contributed by atoms with Gasteiger partial charge in [0.25, 0.3) is 0 Å². The SMILES string of the molecule is OC[C@@H](I)[C@@H]1C=CCO1. The predicted octanol–water partition coefficient (Wildman–Crippen LogP) is 0.737. The van der Waals surface area contributed by atoms with Crippen molar-refractivity contribution < 1.29 is 9.84 Å². The van der Waals surface area contributed by atoms with E-state index in [1.807, 2.05) is 12.2 Å². The molecule has 0 radical (unpaired) electrons. The molecule has 0 spiro atoms. The van der Waals surface area contributed by atoms with Crippen molar-refractivity contribution in [1.29, 1.82) is 0 Å². The van der Waals surface area contributed by atoms with E-state index in [1.54, 1.807) is 0 Å². The van der Waals surface area contributed by atoms with Crippen LogP contribution in [0.5, 0.6) is 0 Å². The van der Waals surface area contributed by atoms with Gasteiger partial charge in [-0.3, -0.25) is 0 Å². The van der Waals surface area contributed by atoms with Gasteiger partial charge in [-0.15, -0.1) is 0 Å². The first-order valence-electron chi connectivity index (χ1n) is 2.88. The Bertz CT molecular complexity index is 114. The van der Waals surface area contributed by atoms with Crippen LogP contribution in [0.2, 0.25) is 0 Å². The van der Waals surface area contributed by atoms with Crippen molar-refractivity contribution in [2.45, 2.75) is 10.0 Å². The summed E-state index contributed by atoms with van der Waals surface area (Å²) in [4.78, 5) is 0. The van der Waals surface area contributed by atoms with Crippen LogP contribution in [0.4, 0.5) is 0 Å². The van der Waals surface area contributed by atoms with Crippen LogP contribution in [0.3, 0.4) is 0 Å². The summed E-state index contributed by atoms with van der Waals surface area (Å²) in [5.74, 6) is 0. The molecule has 1 heterocycles. The van der Waals surface area contributed by atoms with Gasteiger partial charge in [-0.25, -0.2) is 0 Å². The van der Waals surface area contributed by atoms with Crippen LogP contribution in [0.15, 0.2) is 12.2 Å². The number of rotatable bonds is 2. The monoisotopic (exact) mass is 240 g/mol. The molecule has 3 heteroatoms. The second-order valence-corrected chi connectivity index (χ2v) is 3.52. The second-order valence-electron chi connectivity index (χ2n) is 1.92.